The van der Waals surface area contributed by atoms with Gasteiger partial charge in [-0.3, -0.25) is 0 Å². The Bertz CT molecular complexity index is 35.2. The molecule has 1 unspecified atom stereocenters. The van der Waals surface area contributed by atoms with E-state index in [1.54, 1.807) is 0 Å². The molecule has 1 heteroatoms. The third-order valence-electron chi connectivity index (χ3n) is 1.19. The fraction of sp³-hybridized carbons (Fsp3) is 1.00. The van der Waals surface area contributed by atoms with Crippen molar-refractivity contribution < 1.29 is 0 Å². The number of hydrogen-bond acceptors (Lipinski definition) is 0. The Morgan fingerprint density at radius 1 is 1.57 bits per heavy atom. The van der Waals surface area contributed by atoms with E-state index < -0.39 is 0 Å². The second kappa shape index (κ2) is 4.13. The predicted octanol–water partition coefficient (Wildman–Crippen LogP) is 1.27. The molecule has 0 amide bonds. The summed E-state index contributed by atoms with van der Waals surface area (Å²) < 4.78 is 0. The van der Waals surface area contributed by atoms with Crippen molar-refractivity contribution in [1.29, 1.82) is 0 Å². The SMILES string of the molecule is CCC(C)C[N]C. The molecule has 0 rings (SSSR count). The van der Waals surface area contributed by atoms with Crippen molar-refractivity contribution in [2.45, 2.75) is 20.3 Å². The largest absolute Gasteiger partial charge is 0.245 e. The van der Waals surface area contributed by atoms with Gasteiger partial charge in [-0.25, -0.2) is 5.32 Å². The second-order valence-electron chi connectivity index (χ2n) is 2.01. The fourth-order valence-corrected chi connectivity index (χ4v) is 0.441. The molecule has 0 N–H and O–H groups in total. The molecule has 43 valence electrons. The minimum atomic E-state index is 0.782. The van der Waals surface area contributed by atoms with Crippen LogP contribution in [0.1, 0.15) is 20.3 Å². The molecular weight excluding hydrogens is 86.1 g/mol. The van der Waals surface area contributed by atoms with Crippen molar-refractivity contribution >= 4 is 0 Å². The lowest BCUT2D eigenvalue weighted by Crippen LogP contribution is -2.08. The normalized spacial score (nSPS) is 14.1. The van der Waals surface area contributed by atoms with E-state index >= 15 is 0 Å². The van der Waals surface area contributed by atoms with Crippen LogP contribution in [0.3, 0.4) is 0 Å². The lowest BCUT2D eigenvalue weighted by Gasteiger charge is -2.02. The van der Waals surface area contributed by atoms with Gasteiger partial charge in [0, 0.05) is 13.6 Å². The minimum Gasteiger partial charge on any atom is -0.245 e. The molecule has 1 radical (unpaired) electrons. The molecule has 0 aliphatic rings. The molecule has 0 heterocycles. The molecule has 1 atom stereocenters. The Balaban J connectivity index is 2.83. The van der Waals surface area contributed by atoms with Gasteiger partial charge in [-0.1, -0.05) is 20.3 Å². The van der Waals surface area contributed by atoms with Crippen molar-refractivity contribution in [3.8, 4) is 0 Å². The molecule has 0 fully saturated rings. The summed E-state index contributed by atoms with van der Waals surface area (Å²) in [5, 5.41) is 4.01. The maximum Gasteiger partial charge on any atom is 0.0155 e. The van der Waals surface area contributed by atoms with Gasteiger partial charge in [0.1, 0.15) is 0 Å². The molecular formula is C6H14N. The van der Waals surface area contributed by atoms with Crippen molar-refractivity contribution in [3.05, 3.63) is 0 Å². The van der Waals surface area contributed by atoms with E-state index in [0.29, 0.717) is 0 Å². The zero-order valence-corrected chi connectivity index (χ0v) is 5.44. The van der Waals surface area contributed by atoms with E-state index in [0.717, 1.165) is 12.5 Å². The summed E-state index contributed by atoms with van der Waals surface area (Å²) in [5.41, 5.74) is 0. The molecule has 0 bridgehead atoms. The van der Waals surface area contributed by atoms with Gasteiger partial charge in [-0.05, 0) is 5.92 Å². The van der Waals surface area contributed by atoms with Crippen molar-refractivity contribution in [2.24, 2.45) is 5.92 Å². The van der Waals surface area contributed by atoms with Gasteiger partial charge < -0.3 is 0 Å². The van der Waals surface area contributed by atoms with Crippen LogP contribution in [0.15, 0.2) is 0 Å². The molecule has 0 saturated carbocycles. The van der Waals surface area contributed by atoms with Gasteiger partial charge in [-0.2, -0.15) is 0 Å². The van der Waals surface area contributed by atoms with Gasteiger partial charge >= 0.3 is 0 Å². The highest BCUT2D eigenvalue weighted by atomic mass is 14.8. The van der Waals surface area contributed by atoms with Crippen LogP contribution in [0.25, 0.3) is 0 Å². The molecule has 7 heavy (non-hydrogen) atoms. The van der Waals surface area contributed by atoms with Gasteiger partial charge in [0.25, 0.3) is 0 Å². The van der Waals surface area contributed by atoms with E-state index in [4.69, 9.17) is 0 Å². The number of nitrogens with zero attached hydrogens (tertiary/aromatic N) is 1. The average molecular weight is 100 g/mol. The quantitative estimate of drug-likeness (QED) is 0.507. The van der Waals surface area contributed by atoms with E-state index in [9.17, 15) is 0 Å². The maximum atomic E-state index is 4.01. The second-order valence-corrected chi connectivity index (χ2v) is 2.01. The van der Waals surface area contributed by atoms with Crippen molar-refractivity contribution in [2.75, 3.05) is 13.6 Å². The fourth-order valence-electron chi connectivity index (χ4n) is 0.441. The molecule has 0 aliphatic heterocycles. The Labute approximate surface area is 46.1 Å². The summed E-state index contributed by atoms with van der Waals surface area (Å²) in [6.07, 6.45) is 1.25. The summed E-state index contributed by atoms with van der Waals surface area (Å²) in [4.78, 5) is 0. The van der Waals surface area contributed by atoms with Gasteiger partial charge in [0.15, 0.2) is 0 Å². The van der Waals surface area contributed by atoms with Crippen LogP contribution in [0.4, 0.5) is 0 Å². The summed E-state index contributed by atoms with van der Waals surface area (Å²) in [5.74, 6) is 0.782. The first-order valence-electron chi connectivity index (χ1n) is 2.86. The molecule has 0 aromatic heterocycles. The van der Waals surface area contributed by atoms with E-state index in [1.807, 2.05) is 7.05 Å². The summed E-state index contributed by atoms with van der Waals surface area (Å²) in [6, 6.07) is 0. The monoisotopic (exact) mass is 100 g/mol. The maximum absolute atomic E-state index is 4.01. The Morgan fingerprint density at radius 3 is 2.29 bits per heavy atom. The highest BCUT2D eigenvalue weighted by molar-refractivity contribution is 4.48. The van der Waals surface area contributed by atoms with Gasteiger partial charge in [0.05, 0.1) is 0 Å². The average Bonchev–Trinajstić information content (AvgIpc) is 1.68. The molecule has 1 nitrogen and oxygen atoms in total. The smallest absolute Gasteiger partial charge is 0.0155 e. The Hall–Kier alpha value is -0.0400. The molecule has 0 saturated heterocycles. The molecule has 0 aromatic rings. The standard InChI is InChI=1S/C6H14N/c1-4-6(2)5-7-3/h6H,4-5H2,1-3H3. The van der Waals surface area contributed by atoms with Crippen LogP contribution in [0, 0.1) is 5.92 Å². The van der Waals surface area contributed by atoms with Crippen LogP contribution in [0.2, 0.25) is 0 Å². The zero-order valence-electron chi connectivity index (χ0n) is 5.44. The lowest BCUT2D eigenvalue weighted by atomic mass is 10.1. The molecule has 0 aromatic carbocycles. The first kappa shape index (κ1) is 6.96. The third-order valence-corrected chi connectivity index (χ3v) is 1.19. The van der Waals surface area contributed by atoms with Crippen LogP contribution in [0.5, 0.6) is 0 Å². The highest BCUT2D eigenvalue weighted by Gasteiger charge is 1.93. The van der Waals surface area contributed by atoms with Gasteiger partial charge in [-0.15, -0.1) is 0 Å². The van der Waals surface area contributed by atoms with Crippen LogP contribution >= 0.6 is 0 Å². The topological polar surface area (TPSA) is 14.1 Å². The Morgan fingerprint density at radius 2 is 2.14 bits per heavy atom. The third kappa shape index (κ3) is 3.80. The summed E-state index contributed by atoms with van der Waals surface area (Å²) >= 11 is 0. The van der Waals surface area contributed by atoms with E-state index in [-0.39, 0.29) is 0 Å². The van der Waals surface area contributed by atoms with E-state index in [1.165, 1.54) is 6.42 Å². The van der Waals surface area contributed by atoms with Crippen LogP contribution in [-0.2, 0) is 0 Å². The number of hydrogen-bond donors (Lipinski definition) is 0. The first-order valence-corrected chi connectivity index (χ1v) is 2.86. The summed E-state index contributed by atoms with van der Waals surface area (Å²) in [6.45, 7) is 5.43. The number of rotatable bonds is 3. The van der Waals surface area contributed by atoms with Crippen molar-refractivity contribution in [1.82, 2.24) is 5.32 Å². The van der Waals surface area contributed by atoms with E-state index in [2.05, 4.69) is 19.2 Å². The zero-order chi connectivity index (χ0) is 5.70. The van der Waals surface area contributed by atoms with Gasteiger partial charge in [0.2, 0.25) is 0 Å². The minimum absolute atomic E-state index is 0.782. The summed E-state index contributed by atoms with van der Waals surface area (Å²) in [7, 11) is 1.87. The Kier molecular flexibility index (Phi) is 4.10. The van der Waals surface area contributed by atoms with Crippen molar-refractivity contribution in [3.63, 3.8) is 0 Å². The molecule has 0 aliphatic carbocycles. The highest BCUT2D eigenvalue weighted by Crippen LogP contribution is 1.96. The van der Waals surface area contributed by atoms with Crippen LogP contribution < -0.4 is 5.32 Å². The first-order chi connectivity index (χ1) is 3.31. The molecule has 0 spiro atoms. The predicted molar refractivity (Wildman–Crippen MR) is 32.4 cm³/mol. The lowest BCUT2D eigenvalue weighted by molar-refractivity contribution is 0.523. The van der Waals surface area contributed by atoms with Crippen LogP contribution in [-0.4, -0.2) is 13.6 Å².